The van der Waals surface area contributed by atoms with Gasteiger partial charge < -0.3 is 14.4 Å². The number of rotatable bonds is 4. The minimum Gasteiger partial charge on any atom is -0.456 e. The Labute approximate surface area is 340 Å². The van der Waals surface area contributed by atoms with Gasteiger partial charge in [0.15, 0.2) is 17.5 Å². The second-order valence-electron chi connectivity index (χ2n) is 13.2. The maximum Gasteiger partial charge on any atom is 0.164 e. The first kappa shape index (κ1) is 35.7. The maximum atomic E-state index is 12.6. The van der Waals surface area contributed by atoms with E-state index in [0.29, 0.717) is 17.5 Å². The fourth-order valence-electron chi connectivity index (χ4n) is 7.11. The van der Waals surface area contributed by atoms with Gasteiger partial charge in [-0.05, 0) is 63.8 Å². The molecule has 11 aromatic rings. The van der Waals surface area contributed by atoms with E-state index in [9.17, 15) is 4.39 Å². The summed E-state index contributed by atoms with van der Waals surface area (Å²) in [5, 5.41) is 7.60. The summed E-state index contributed by atoms with van der Waals surface area (Å²) in [5.41, 5.74) is 6.92. The zero-order chi connectivity index (χ0) is 37.4. The average molecular weight is 914 g/mol. The Morgan fingerprint density at radius 1 is 0.474 bits per heavy atom. The van der Waals surface area contributed by atoms with Crippen molar-refractivity contribution in [2.24, 2.45) is 0 Å². The summed E-state index contributed by atoms with van der Waals surface area (Å²) >= 11 is 0. The zero-order valence-corrected chi connectivity index (χ0v) is 32.4. The molecule has 0 aliphatic rings. The average Bonchev–Trinajstić information content (AvgIpc) is 3.64. The number of nitrogens with zero attached hydrogens (tertiary/aromatic N) is 5. The second kappa shape index (κ2) is 15.3. The second-order valence-corrected chi connectivity index (χ2v) is 13.2. The molecule has 1 radical (unpaired) electrons. The molecule has 0 spiro atoms. The van der Waals surface area contributed by atoms with E-state index in [0.717, 1.165) is 82.3 Å². The summed E-state index contributed by atoms with van der Waals surface area (Å²) in [7, 11) is 0. The third kappa shape index (κ3) is 6.82. The van der Waals surface area contributed by atoms with Crippen molar-refractivity contribution in [3.63, 3.8) is 0 Å². The van der Waals surface area contributed by atoms with Crippen molar-refractivity contribution in [2.75, 3.05) is 0 Å². The standard InChI is InChI=1S/C38H21N4O.C11H7FN.Ir/c1-3-10-23(11-4-1)36-40-37(24-12-5-2-6-13-24)42-38(41-36)25-17-18-27-32-21-30-29-16-9-19-39-35(29)28-15-8-7-14-26(28)31(30)22-34(32)43-33(27)20-25;12-10-6-4-9(5-7-10)11-3-1-2-8-13-11;/h1-14,16-22H;1-4,6-8H;/q2*-1;. The first-order valence-corrected chi connectivity index (χ1v) is 18.1. The Kier molecular flexibility index (Phi) is 9.56. The van der Waals surface area contributed by atoms with Crippen molar-refractivity contribution in [2.45, 2.75) is 0 Å². The van der Waals surface area contributed by atoms with E-state index in [4.69, 9.17) is 24.4 Å². The van der Waals surface area contributed by atoms with Crippen LogP contribution in [0.1, 0.15) is 0 Å². The molecule has 6 nitrogen and oxygen atoms in total. The predicted octanol–water partition coefficient (Wildman–Crippen LogP) is 12.1. The molecular formula is C49H28FIrN5O-2. The van der Waals surface area contributed by atoms with Crippen LogP contribution in [0.5, 0.6) is 0 Å². The van der Waals surface area contributed by atoms with Crippen molar-refractivity contribution < 1.29 is 28.9 Å². The molecule has 0 amide bonds. The molecule has 0 bridgehead atoms. The Balaban J connectivity index is 0.000000257. The summed E-state index contributed by atoms with van der Waals surface area (Å²) in [4.78, 5) is 23.5. The smallest absolute Gasteiger partial charge is 0.164 e. The molecule has 0 unspecified atom stereocenters. The van der Waals surface area contributed by atoms with Crippen LogP contribution in [0.4, 0.5) is 4.39 Å². The summed E-state index contributed by atoms with van der Waals surface area (Å²) in [6.07, 6.45) is 3.54. The molecule has 8 heteroatoms. The summed E-state index contributed by atoms with van der Waals surface area (Å²) in [6.45, 7) is 0. The minimum absolute atomic E-state index is 0. The third-order valence-corrected chi connectivity index (χ3v) is 9.77. The molecule has 0 saturated carbocycles. The molecule has 11 rings (SSSR count). The predicted molar refractivity (Wildman–Crippen MR) is 221 cm³/mol. The van der Waals surface area contributed by atoms with E-state index in [1.807, 2.05) is 109 Å². The molecule has 273 valence electrons. The van der Waals surface area contributed by atoms with Crippen LogP contribution in [0.3, 0.4) is 0 Å². The van der Waals surface area contributed by atoms with Crippen LogP contribution in [0.25, 0.3) is 99.8 Å². The number of fused-ring (bicyclic) bond motifs is 9. The van der Waals surface area contributed by atoms with E-state index < -0.39 is 0 Å². The quantitative estimate of drug-likeness (QED) is 0.129. The summed E-state index contributed by atoms with van der Waals surface area (Å²) in [5.74, 6) is 1.58. The van der Waals surface area contributed by atoms with Crippen LogP contribution in [0.2, 0.25) is 0 Å². The zero-order valence-electron chi connectivity index (χ0n) is 30.0. The first-order chi connectivity index (χ1) is 27.7. The van der Waals surface area contributed by atoms with Gasteiger partial charge in [0, 0.05) is 65.8 Å². The SMILES string of the molecule is Fc1c[c-]c(-c2ccccn2)cc1.[Ir].[c-]1cccc2c1c1ncccc1c1cc3c(cc21)oc1cc(-c2nc(-c4ccccc4)nc(-c4ccccc4)n2)ccc13. The molecule has 57 heavy (non-hydrogen) atoms. The van der Waals surface area contributed by atoms with Gasteiger partial charge in [-0.1, -0.05) is 90.3 Å². The van der Waals surface area contributed by atoms with Crippen molar-refractivity contribution in [1.82, 2.24) is 24.9 Å². The van der Waals surface area contributed by atoms with E-state index in [-0.39, 0.29) is 25.9 Å². The molecule has 4 heterocycles. The number of benzene rings is 7. The van der Waals surface area contributed by atoms with Crippen LogP contribution >= 0.6 is 0 Å². The molecule has 0 fully saturated rings. The van der Waals surface area contributed by atoms with Crippen LogP contribution in [0, 0.1) is 17.9 Å². The van der Waals surface area contributed by atoms with Gasteiger partial charge >= 0.3 is 0 Å². The van der Waals surface area contributed by atoms with Gasteiger partial charge in [0.05, 0.1) is 0 Å². The number of hydrogen-bond acceptors (Lipinski definition) is 6. The van der Waals surface area contributed by atoms with Gasteiger partial charge in [-0.15, -0.1) is 59.5 Å². The third-order valence-electron chi connectivity index (χ3n) is 9.77. The van der Waals surface area contributed by atoms with Crippen LogP contribution in [-0.4, -0.2) is 24.9 Å². The molecule has 0 aliphatic heterocycles. The summed E-state index contributed by atoms with van der Waals surface area (Å²) in [6, 6.07) is 57.0. The van der Waals surface area contributed by atoms with E-state index in [2.05, 4.69) is 53.5 Å². The topological polar surface area (TPSA) is 77.6 Å². The van der Waals surface area contributed by atoms with Gasteiger partial charge in [0.2, 0.25) is 0 Å². The van der Waals surface area contributed by atoms with Crippen LogP contribution in [0.15, 0.2) is 175 Å². The molecule has 7 aromatic carbocycles. The minimum atomic E-state index is -0.278. The van der Waals surface area contributed by atoms with Crippen LogP contribution < -0.4 is 0 Å². The van der Waals surface area contributed by atoms with Gasteiger partial charge in [0.25, 0.3) is 0 Å². The Hall–Kier alpha value is -6.99. The molecule has 0 aliphatic carbocycles. The van der Waals surface area contributed by atoms with E-state index in [1.165, 1.54) is 12.1 Å². The van der Waals surface area contributed by atoms with Gasteiger partial charge in [-0.2, -0.15) is 0 Å². The fraction of sp³-hybridized carbons (Fsp3) is 0. The Morgan fingerprint density at radius 2 is 1.14 bits per heavy atom. The Bertz CT molecular complexity index is 3140. The van der Waals surface area contributed by atoms with Gasteiger partial charge in [0.1, 0.15) is 11.2 Å². The normalized spacial score (nSPS) is 11.1. The molecule has 0 atom stereocenters. The van der Waals surface area contributed by atoms with E-state index >= 15 is 0 Å². The number of furan rings is 1. The number of aromatic nitrogens is 5. The molecule has 4 aromatic heterocycles. The van der Waals surface area contributed by atoms with Crippen molar-refractivity contribution in [1.29, 1.82) is 0 Å². The van der Waals surface area contributed by atoms with Crippen molar-refractivity contribution in [3.8, 4) is 45.4 Å². The van der Waals surface area contributed by atoms with Gasteiger partial charge in [-0.25, -0.2) is 15.0 Å². The fourth-order valence-corrected chi connectivity index (χ4v) is 7.11. The number of pyridine rings is 2. The monoisotopic (exact) mass is 914 g/mol. The number of halogens is 1. The Morgan fingerprint density at radius 3 is 1.84 bits per heavy atom. The number of hydrogen-bond donors (Lipinski definition) is 0. The molecular weight excluding hydrogens is 886 g/mol. The van der Waals surface area contributed by atoms with Crippen molar-refractivity contribution in [3.05, 3.63) is 188 Å². The van der Waals surface area contributed by atoms with Crippen molar-refractivity contribution >= 4 is 54.4 Å². The largest absolute Gasteiger partial charge is 0.456 e. The molecule has 0 saturated heterocycles. The van der Waals surface area contributed by atoms with Crippen LogP contribution in [-0.2, 0) is 20.1 Å². The first-order valence-electron chi connectivity index (χ1n) is 18.1. The van der Waals surface area contributed by atoms with Gasteiger partial charge in [-0.3, -0.25) is 4.39 Å². The van der Waals surface area contributed by atoms with E-state index in [1.54, 1.807) is 12.3 Å². The molecule has 0 N–H and O–H groups in total. The summed E-state index contributed by atoms with van der Waals surface area (Å²) < 4.78 is 19.1. The maximum absolute atomic E-state index is 12.6.